The summed E-state index contributed by atoms with van der Waals surface area (Å²) in [6.45, 7) is 19.4. The number of benzene rings is 1. The number of ether oxygens (including phenoxy) is 6. The number of aliphatic hydroxyl groups excluding tert-OH is 3. The number of allylic oxidation sites excluding steroid dienone is 2. The standard InChI is InChI=1S/C42H70O11.C16H12O6.Na/c1-11-29(38(46)47)31-15-14-23(4)36(50-31)27(8)34(44)26(7)35(45)30(12-2)37-24(5)22-25(6)41(51-37)19-16-32(43)42(53-41)21-20-39(10,52-42)33-17-18-40(48,13-3)28(9)49-33;17-10-2-1-8-13-9-4-12(19)11(18)3-7(9)5-16(13,21)6-22-15(8)14(10)20;/h16,19,23-34,36-37,43-44,48H,11-15,17-18,20-22H2,1-10H3,(H,46,47);1-4,18-21H,5-6H2;/q;;+1/p-1. The Hall–Kier alpha value is -3.17. The number of ketones is 2. The van der Waals surface area contributed by atoms with Gasteiger partial charge in [0, 0.05) is 59.5 Å². The number of phenolic OH excluding ortho intramolecular Hbond substituents is 2. The second-order valence-corrected chi connectivity index (χ2v) is 23.6. The molecular formula is C58H81NaO17. The Morgan fingerprint density at radius 1 is 0.868 bits per heavy atom. The Labute approximate surface area is 469 Å². The molecule has 4 saturated heterocycles. The summed E-state index contributed by atoms with van der Waals surface area (Å²) >= 11 is 0. The van der Waals surface area contributed by atoms with Crippen LogP contribution in [0.15, 0.2) is 53.5 Å². The SMILES string of the molecule is CCC(C(=O)[O-])C1CCC(C)C(C(C)C(O)C(C)C(=O)C(CC)C2OC3(C=CC(O)C4(CCC(C)(C5CCC(O)(CC)C(C)O5)O4)O3)C(C)CC2C)O1.O=C1C=CC2=C3c4cc(O)c(O)cc4CC3(O)COC2=C1O.[Na+]. The Bertz CT molecular complexity index is 2490. The molecule has 4 fully saturated rings. The fourth-order valence-corrected chi connectivity index (χ4v) is 13.7. The molecule has 416 valence electrons. The summed E-state index contributed by atoms with van der Waals surface area (Å²) in [5, 5.41) is 86.0. The molecule has 2 spiro atoms. The van der Waals surface area contributed by atoms with E-state index in [1.807, 2.05) is 41.5 Å². The number of aromatic hydroxyl groups is 2. The molecule has 1 aromatic rings. The number of carbonyl (C=O) groups is 3. The van der Waals surface area contributed by atoms with Crippen molar-refractivity contribution in [3.8, 4) is 11.5 Å². The predicted octanol–water partition coefficient (Wildman–Crippen LogP) is 2.93. The van der Waals surface area contributed by atoms with Crippen molar-refractivity contribution in [2.75, 3.05) is 6.61 Å². The van der Waals surface area contributed by atoms with E-state index in [0.29, 0.717) is 80.1 Å². The van der Waals surface area contributed by atoms with Crippen molar-refractivity contribution < 1.29 is 113 Å². The van der Waals surface area contributed by atoms with E-state index >= 15 is 0 Å². The van der Waals surface area contributed by atoms with Crippen LogP contribution < -0.4 is 34.7 Å². The second-order valence-electron chi connectivity index (χ2n) is 23.6. The number of hydrogen-bond donors (Lipinski definition) is 7. The van der Waals surface area contributed by atoms with Gasteiger partial charge in [-0.1, -0.05) is 55.4 Å². The molecular weight excluding hydrogens is 992 g/mol. The van der Waals surface area contributed by atoms with Gasteiger partial charge >= 0.3 is 29.6 Å². The van der Waals surface area contributed by atoms with Crippen LogP contribution in [0.25, 0.3) is 5.57 Å². The largest absolute Gasteiger partial charge is 1.00 e. The summed E-state index contributed by atoms with van der Waals surface area (Å²) in [5.74, 6) is -7.82. The van der Waals surface area contributed by atoms with Crippen LogP contribution in [0.2, 0.25) is 0 Å². The maximum Gasteiger partial charge on any atom is 1.00 e. The maximum atomic E-state index is 14.4. The van der Waals surface area contributed by atoms with Gasteiger partial charge in [-0.15, -0.1) is 0 Å². The van der Waals surface area contributed by atoms with Gasteiger partial charge in [0.25, 0.3) is 0 Å². The third kappa shape index (κ3) is 10.8. The minimum atomic E-state index is -1.37. The zero-order valence-electron chi connectivity index (χ0n) is 46.2. The maximum absolute atomic E-state index is 14.4. The fourth-order valence-electron chi connectivity index (χ4n) is 13.7. The number of carbonyl (C=O) groups excluding carboxylic acids is 3. The predicted molar refractivity (Wildman–Crippen MR) is 271 cm³/mol. The van der Waals surface area contributed by atoms with Crippen molar-refractivity contribution >= 4 is 23.1 Å². The van der Waals surface area contributed by atoms with Gasteiger partial charge in [0.1, 0.15) is 24.1 Å². The molecule has 7 N–H and O–H groups in total. The van der Waals surface area contributed by atoms with Gasteiger partial charge in [-0.25, -0.2) is 0 Å². The van der Waals surface area contributed by atoms with Crippen molar-refractivity contribution in [1.82, 2.24) is 0 Å². The van der Waals surface area contributed by atoms with E-state index in [1.54, 1.807) is 19.1 Å². The monoisotopic (exact) mass is 1070 g/mol. The first kappa shape index (κ1) is 60.5. The molecule has 0 aromatic heterocycles. The number of fused-ring (bicyclic) bond motifs is 4. The van der Waals surface area contributed by atoms with Gasteiger partial charge in [0.05, 0.1) is 47.8 Å². The van der Waals surface area contributed by atoms with Crippen molar-refractivity contribution in [2.45, 2.75) is 211 Å². The van der Waals surface area contributed by atoms with Crippen LogP contribution in [0.5, 0.6) is 11.5 Å². The number of carboxylic acid groups (broad SMARTS) is 1. The van der Waals surface area contributed by atoms with E-state index in [2.05, 4.69) is 20.8 Å². The summed E-state index contributed by atoms with van der Waals surface area (Å²) < 4.78 is 38.8. The number of Topliss-reactive ketones (excluding diaryl/α,β-unsaturated/α-hetero) is 1. The van der Waals surface area contributed by atoms with Gasteiger partial charge in [0.2, 0.25) is 17.3 Å². The third-order valence-corrected chi connectivity index (χ3v) is 18.7. The van der Waals surface area contributed by atoms with Gasteiger partial charge in [-0.05, 0) is 131 Å². The first-order valence-electron chi connectivity index (χ1n) is 27.4. The summed E-state index contributed by atoms with van der Waals surface area (Å²) in [4.78, 5) is 37.8. The molecule has 19 atom stereocenters. The van der Waals surface area contributed by atoms with Crippen LogP contribution in [0.1, 0.15) is 145 Å². The molecule has 76 heavy (non-hydrogen) atoms. The Kier molecular flexibility index (Phi) is 18.1. The van der Waals surface area contributed by atoms with Gasteiger partial charge in [-0.3, -0.25) is 9.59 Å². The first-order chi connectivity index (χ1) is 35.2. The van der Waals surface area contributed by atoms with E-state index in [4.69, 9.17) is 28.4 Å². The number of carboxylic acids is 1. The molecule has 0 bridgehead atoms. The van der Waals surface area contributed by atoms with E-state index in [9.17, 15) is 55.2 Å². The first-order valence-corrected chi connectivity index (χ1v) is 27.4. The number of aliphatic hydroxyl groups is 5. The molecule has 1 aromatic carbocycles. The zero-order valence-corrected chi connectivity index (χ0v) is 48.2. The molecule has 6 heterocycles. The van der Waals surface area contributed by atoms with E-state index in [0.717, 1.165) is 6.42 Å². The van der Waals surface area contributed by atoms with Crippen LogP contribution in [-0.4, -0.2) is 131 Å². The van der Waals surface area contributed by atoms with Crippen LogP contribution >= 0.6 is 0 Å². The molecule has 17 nitrogen and oxygen atoms in total. The fraction of sp³-hybridized carbons (Fsp3) is 0.707. The second kappa shape index (κ2) is 22.8. The molecule has 0 radical (unpaired) electrons. The van der Waals surface area contributed by atoms with E-state index < -0.39 is 100 Å². The van der Waals surface area contributed by atoms with Crippen molar-refractivity contribution in [3.05, 3.63) is 64.7 Å². The van der Waals surface area contributed by atoms with Gasteiger partial charge in [-0.2, -0.15) is 0 Å². The molecule has 19 unspecified atom stereocenters. The summed E-state index contributed by atoms with van der Waals surface area (Å²) in [5.41, 5.74) is -0.838. The normalized spacial score (nSPS) is 39.7. The van der Waals surface area contributed by atoms with Crippen LogP contribution in [0, 0.1) is 41.4 Å². The molecule has 18 heteroatoms. The van der Waals surface area contributed by atoms with Gasteiger partial charge < -0.3 is 74.1 Å². The minimum absolute atomic E-state index is 0. The van der Waals surface area contributed by atoms with Crippen LogP contribution in [-0.2, 0) is 49.2 Å². The Morgan fingerprint density at radius 3 is 2.20 bits per heavy atom. The molecule has 6 aliphatic heterocycles. The van der Waals surface area contributed by atoms with Crippen LogP contribution in [0.3, 0.4) is 0 Å². The van der Waals surface area contributed by atoms with Crippen LogP contribution in [0.4, 0.5) is 0 Å². The number of phenols is 2. The topological polar surface area (TPSA) is 271 Å². The number of hydrogen-bond acceptors (Lipinski definition) is 17. The molecule has 2 aliphatic carbocycles. The Balaban J connectivity index is 0.000000301. The molecule has 9 rings (SSSR count). The molecule has 0 amide bonds. The van der Waals surface area contributed by atoms with E-state index in [-0.39, 0.29) is 95.6 Å². The van der Waals surface area contributed by atoms with Gasteiger partial charge in [0.15, 0.2) is 23.0 Å². The van der Waals surface area contributed by atoms with Crippen molar-refractivity contribution in [3.63, 3.8) is 0 Å². The van der Waals surface area contributed by atoms with Crippen molar-refractivity contribution in [1.29, 1.82) is 0 Å². The number of aliphatic carboxylic acids is 1. The average Bonchev–Trinajstić information content (AvgIpc) is 3.90. The van der Waals surface area contributed by atoms with E-state index in [1.165, 1.54) is 24.3 Å². The summed E-state index contributed by atoms with van der Waals surface area (Å²) in [6, 6.07) is 2.77. The molecule has 0 saturated carbocycles. The smallest absolute Gasteiger partial charge is 0.550 e. The quantitative estimate of drug-likeness (QED) is 0.0901. The average molecular weight is 1070 g/mol. The molecule has 8 aliphatic rings. The summed E-state index contributed by atoms with van der Waals surface area (Å²) in [6.07, 6.45) is 8.12. The minimum Gasteiger partial charge on any atom is -0.550 e. The Morgan fingerprint density at radius 2 is 1.55 bits per heavy atom. The number of rotatable bonds is 12. The summed E-state index contributed by atoms with van der Waals surface area (Å²) in [7, 11) is 0. The zero-order chi connectivity index (χ0) is 54.9. The third-order valence-electron chi connectivity index (χ3n) is 18.7. The van der Waals surface area contributed by atoms with Crippen molar-refractivity contribution in [2.24, 2.45) is 41.4 Å².